The molecule has 0 N–H and O–H groups in total. The molecule has 0 aromatic rings. The summed E-state index contributed by atoms with van der Waals surface area (Å²) in [6, 6.07) is 0. The second-order valence-electron chi connectivity index (χ2n) is 22.4. The number of ether oxygens (including phenoxy) is 4. The van der Waals surface area contributed by atoms with Gasteiger partial charge >= 0.3 is 11.9 Å². The normalized spacial score (nSPS) is 12.6. The third-order valence-electron chi connectivity index (χ3n) is 14.1. The fourth-order valence-electron chi connectivity index (χ4n) is 9.36. The zero-order chi connectivity index (χ0) is 51.3. The van der Waals surface area contributed by atoms with Crippen LogP contribution in [-0.2, 0) is 33.3 Å². The molecule has 0 heterocycles. The zero-order valence-corrected chi connectivity index (χ0v) is 47.4. The number of carbonyl (C=O) groups is 3. The lowest BCUT2D eigenvalue weighted by Crippen LogP contribution is -2.44. The fraction of sp³-hybridized carbons (Fsp3) is 0.951. The summed E-state index contributed by atoms with van der Waals surface area (Å²) in [5.74, 6) is -2.25. The quantitative estimate of drug-likeness (QED) is 0.0256. The molecule has 70 heavy (non-hydrogen) atoms. The van der Waals surface area contributed by atoms with Crippen molar-refractivity contribution < 1.29 is 42.9 Å². The third-order valence-corrected chi connectivity index (χ3v) is 14.1. The van der Waals surface area contributed by atoms with Gasteiger partial charge in [-0.05, 0) is 12.8 Å². The van der Waals surface area contributed by atoms with Crippen LogP contribution < -0.4 is 5.11 Å². The van der Waals surface area contributed by atoms with E-state index in [1.165, 1.54) is 250 Å². The van der Waals surface area contributed by atoms with Gasteiger partial charge in [0.2, 0.25) is 0 Å². The molecular weight excluding hydrogens is 875 g/mol. The molecule has 0 radical (unpaired) electrons. The monoisotopic (exact) mass is 994 g/mol. The molecule has 0 aromatic carbocycles. The van der Waals surface area contributed by atoms with E-state index in [2.05, 4.69) is 13.8 Å². The number of carbonyl (C=O) groups excluding carboxylic acids is 3. The van der Waals surface area contributed by atoms with E-state index in [1.807, 2.05) is 21.1 Å². The van der Waals surface area contributed by atoms with Crippen LogP contribution in [0, 0.1) is 0 Å². The minimum Gasteiger partial charge on any atom is -0.545 e. The zero-order valence-electron chi connectivity index (χ0n) is 47.4. The first kappa shape index (κ1) is 68.3. The molecule has 0 spiro atoms. The summed E-state index contributed by atoms with van der Waals surface area (Å²) in [6.07, 6.45) is 57.3. The second-order valence-corrected chi connectivity index (χ2v) is 22.4. The number of unbranched alkanes of at least 4 members (excludes halogenated alkanes) is 43. The Kier molecular flexibility index (Phi) is 52.3. The van der Waals surface area contributed by atoms with Crippen molar-refractivity contribution in [1.29, 1.82) is 0 Å². The second kappa shape index (κ2) is 53.6. The number of hydrogen-bond donors (Lipinski definition) is 0. The maximum atomic E-state index is 12.9. The largest absolute Gasteiger partial charge is 0.545 e. The van der Waals surface area contributed by atoms with Gasteiger partial charge in [-0.1, -0.05) is 290 Å². The Morgan fingerprint density at radius 1 is 0.371 bits per heavy atom. The highest BCUT2D eigenvalue weighted by Gasteiger charge is 2.22. The van der Waals surface area contributed by atoms with Crippen molar-refractivity contribution in [3.05, 3.63) is 0 Å². The van der Waals surface area contributed by atoms with E-state index in [9.17, 15) is 19.5 Å². The predicted molar refractivity (Wildman–Crippen MR) is 293 cm³/mol. The Morgan fingerprint density at radius 3 is 0.914 bits per heavy atom. The van der Waals surface area contributed by atoms with Crippen LogP contribution >= 0.6 is 0 Å². The molecular formula is C61H119NO8. The Labute approximate surface area is 434 Å². The molecule has 2 atom stereocenters. The minimum absolute atomic E-state index is 0.153. The summed E-state index contributed by atoms with van der Waals surface area (Å²) in [6.45, 7) is 4.83. The summed E-state index contributed by atoms with van der Waals surface area (Å²) in [5, 5.41) is 11.8. The van der Waals surface area contributed by atoms with Crippen LogP contribution in [0.4, 0.5) is 0 Å². The SMILES string of the molecule is CCCCCCCCCCCCCCCCCCCCCCCCCC(=O)OC(COC(=O)CCCCCCCCCCCCCCCCCCCCCCCC)COC(OCC[N+](C)(C)C)C(=O)[O-]. The molecule has 0 aliphatic heterocycles. The smallest absolute Gasteiger partial charge is 0.306 e. The maximum Gasteiger partial charge on any atom is 0.306 e. The molecule has 0 aliphatic carbocycles. The van der Waals surface area contributed by atoms with Gasteiger partial charge in [-0.3, -0.25) is 9.59 Å². The summed E-state index contributed by atoms with van der Waals surface area (Å²) in [5.41, 5.74) is 0. The van der Waals surface area contributed by atoms with Crippen molar-refractivity contribution >= 4 is 17.9 Å². The van der Waals surface area contributed by atoms with Gasteiger partial charge in [-0.25, -0.2) is 0 Å². The van der Waals surface area contributed by atoms with E-state index < -0.39 is 24.3 Å². The molecule has 0 aliphatic rings. The minimum atomic E-state index is -1.61. The first-order valence-electron chi connectivity index (χ1n) is 30.7. The van der Waals surface area contributed by atoms with Gasteiger partial charge in [0.05, 0.1) is 40.3 Å². The topological polar surface area (TPSA) is 111 Å². The van der Waals surface area contributed by atoms with Crippen LogP contribution in [0.15, 0.2) is 0 Å². The number of carboxylic acids is 1. The molecule has 0 aromatic heterocycles. The average molecular weight is 995 g/mol. The van der Waals surface area contributed by atoms with Gasteiger partial charge in [-0.15, -0.1) is 0 Å². The number of esters is 2. The van der Waals surface area contributed by atoms with E-state index in [-0.39, 0.29) is 32.2 Å². The molecule has 2 unspecified atom stereocenters. The Morgan fingerprint density at radius 2 is 0.643 bits per heavy atom. The highest BCUT2D eigenvalue weighted by molar-refractivity contribution is 5.70. The first-order valence-corrected chi connectivity index (χ1v) is 30.7. The lowest BCUT2D eigenvalue weighted by Gasteiger charge is -2.26. The van der Waals surface area contributed by atoms with Gasteiger partial charge in [0.25, 0.3) is 0 Å². The molecule has 0 rings (SSSR count). The number of likely N-dealkylation sites (N-methyl/N-ethyl adjacent to an activating group) is 1. The lowest BCUT2D eigenvalue weighted by atomic mass is 10.0. The Hall–Kier alpha value is -1.71. The summed E-state index contributed by atoms with van der Waals surface area (Å²) in [4.78, 5) is 37.3. The molecule has 0 fully saturated rings. The number of aliphatic carboxylic acids is 1. The summed E-state index contributed by atoms with van der Waals surface area (Å²) < 4.78 is 22.8. The maximum absolute atomic E-state index is 12.9. The van der Waals surface area contributed by atoms with Crippen LogP contribution in [0.3, 0.4) is 0 Å². The van der Waals surface area contributed by atoms with Gasteiger partial charge in [0.1, 0.15) is 13.2 Å². The van der Waals surface area contributed by atoms with E-state index in [4.69, 9.17) is 18.9 Å². The van der Waals surface area contributed by atoms with Gasteiger partial charge < -0.3 is 33.3 Å². The van der Waals surface area contributed by atoms with Gasteiger partial charge in [0.15, 0.2) is 12.4 Å². The standard InChI is InChI=1S/C61H119NO8/c1-6-8-10-12-14-16-18-20-22-24-26-28-30-32-34-36-38-40-42-44-46-48-50-52-59(64)70-57(56-69-61(60(65)66)67-54-53-62(3,4)5)55-68-58(63)51-49-47-45-43-41-39-37-35-33-31-29-27-25-23-21-19-17-15-13-11-9-7-2/h57,61H,6-56H2,1-5H3. The van der Waals surface area contributed by atoms with Crippen LogP contribution in [0.5, 0.6) is 0 Å². The van der Waals surface area contributed by atoms with Gasteiger partial charge in [-0.2, -0.15) is 0 Å². The Bertz CT molecular complexity index is 1110. The Balaban J connectivity index is 4.15. The number of rotatable bonds is 58. The number of nitrogens with zero attached hydrogens (tertiary/aromatic N) is 1. The molecule has 416 valence electrons. The van der Waals surface area contributed by atoms with Crippen molar-refractivity contribution in [2.45, 2.75) is 328 Å². The third kappa shape index (κ3) is 54.1. The summed E-state index contributed by atoms with van der Waals surface area (Å²) in [7, 11) is 5.94. The molecule has 0 saturated carbocycles. The highest BCUT2D eigenvalue weighted by Crippen LogP contribution is 2.18. The molecule has 9 heteroatoms. The number of carboxylic acid groups (broad SMARTS) is 1. The average Bonchev–Trinajstić information content (AvgIpc) is 3.33. The van der Waals surface area contributed by atoms with Crippen molar-refractivity contribution in [1.82, 2.24) is 0 Å². The van der Waals surface area contributed by atoms with Crippen LogP contribution in [0.1, 0.15) is 316 Å². The molecule has 0 saturated heterocycles. The molecule has 0 bridgehead atoms. The van der Waals surface area contributed by atoms with Crippen molar-refractivity contribution in [3.8, 4) is 0 Å². The van der Waals surface area contributed by atoms with E-state index >= 15 is 0 Å². The number of hydrogen-bond acceptors (Lipinski definition) is 8. The number of quaternary nitrogens is 1. The highest BCUT2D eigenvalue weighted by atomic mass is 16.7. The van der Waals surface area contributed by atoms with Crippen molar-refractivity contribution in [2.24, 2.45) is 0 Å². The van der Waals surface area contributed by atoms with Crippen LogP contribution in [-0.4, -0.2) is 82.3 Å². The van der Waals surface area contributed by atoms with Crippen LogP contribution in [0.25, 0.3) is 0 Å². The summed E-state index contributed by atoms with van der Waals surface area (Å²) >= 11 is 0. The first-order chi connectivity index (χ1) is 34.1. The van der Waals surface area contributed by atoms with Crippen molar-refractivity contribution in [3.63, 3.8) is 0 Å². The van der Waals surface area contributed by atoms with E-state index in [0.29, 0.717) is 17.4 Å². The van der Waals surface area contributed by atoms with Crippen molar-refractivity contribution in [2.75, 3.05) is 47.5 Å². The lowest BCUT2D eigenvalue weighted by molar-refractivity contribution is -0.870. The van der Waals surface area contributed by atoms with Gasteiger partial charge in [0, 0.05) is 12.8 Å². The molecule has 0 amide bonds. The predicted octanol–water partition coefficient (Wildman–Crippen LogP) is 16.6. The molecule has 9 nitrogen and oxygen atoms in total. The van der Waals surface area contributed by atoms with Crippen LogP contribution in [0.2, 0.25) is 0 Å². The van der Waals surface area contributed by atoms with E-state index in [0.717, 1.165) is 38.5 Å². The fourth-order valence-corrected chi connectivity index (χ4v) is 9.36. The van der Waals surface area contributed by atoms with E-state index in [1.54, 1.807) is 0 Å².